The molecular weight excluding hydrogens is 281 g/mol. The number of alkyl halides is 3. The number of anilines is 1. The van der Waals surface area contributed by atoms with Gasteiger partial charge in [0.25, 0.3) is 0 Å². The normalized spacial score (nSPS) is 12.1. The van der Waals surface area contributed by atoms with Crippen LogP contribution in [-0.4, -0.2) is 28.9 Å². The Balaban J connectivity index is 2.60. The minimum absolute atomic E-state index is 0.254. The summed E-state index contributed by atoms with van der Waals surface area (Å²) < 4.78 is 38.4. The van der Waals surface area contributed by atoms with Crippen LogP contribution in [0.3, 0.4) is 0 Å². The summed E-state index contributed by atoms with van der Waals surface area (Å²) in [6.07, 6.45) is -4.32. The number of hydrogen-bond donors (Lipinski definition) is 1. The first-order valence-corrected chi connectivity index (χ1v) is 6.64. The maximum absolute atomic E-state index is 12.8. The van der Waals surface area contributed by atoms with E-state index in [1.54, 1.807) is 44.2 Å². The quantitative estimate of drug-likeness (QED) is 0.938. The van der Waals surface area contributed by atoms with Crippen LogP contribution in [0.2, 0.25) is 0 Å². The fraction of sp³-hybridized carbons (Fsp3) is 0.400. The van der Waals surface area contributed by atoms with Gasteiger partial charge in [0.1, 0.15) is 12.4 Å². The van der Waals surface area contributed by atoms with Crippen LogP contribution < -0.4 is 4.90 Å². The average Bonchev–Trinajstić information content (AvgIpc) is 2.42. The van der Waals surface area contributed by atoms with Gasteiger partial charge >= 0.3 is 6.18 Å². The lowest BCUT2D eigenvalue weighted by Gasteiger charge is -2.30. The minimum Gasteiger partial charge on any atom is -0.390 e. The van der Waals surface area contributed by atoms with E-state index >= 15 is 0 Å². The second kappa shape index (κ2) is 5.89. The Bertz CT molecular complexity index is 626. The van der Waals surface area contributed by atoms with Crippen molar-refractivity contribution in [2.45, 2.75) is 32.7 Å². The van der Waals surface area contributed by atoms with Gasteiger partial charge in [-0.05, 0) is 25.3 Å². The Hall–Kier alpha value is -1.82. The third-order valence-corrected chi connectivity index (χ3v) is 3.18. The molecule has 0 saturated carbocycles. The van der Waals surface area contributed by atoms with E-state index < -0.39 is 12.7 Å². The SMILES string of the molecule is CC(C)N(CC(F)(F)F)c1nc(CO)cc2ccccc12. The molecule has 2 rings (SSSR count). The molecule has 0 radical (unpaired) electrons. The van der Waals surface area contributed by atoms with Gasteiger partial charge in [0.2, 0.25) is 0 Å². The number of benzene rings is 1. The van der Waals surface area contributed by atoms with E-state index in [0.29, 0.717) is 11.1 Å². The molecule has 0 bridgehead atoms. The van der Waals surface area contributed by atoms with E-state index in [0.717, 1.165) is 5.39 Å². The van der Waals surface area contributed by atoms with Gasteiger partial charge < -0.3 is 10.0 Å². The smallest absolute Gasteiger partial charge is 0.390 e. The van der Waals surface area contributed by atoms with Crippen LogP contribution in [0.1, 0.15) is 19.5 Å². The number of aromatic nitrogens is 1. The highest BCUT2D eigenvalue weighted by atomic mass is 19.4. The van der Waals surface area contributed by atoms with Crippen LogP contribution in [0.4, 0.5) is 19.0 Å². The first kappa shape index (κ1) is 15.6. The first-order valence-electron chi connectivity index (χ1n) is 6.64. The standard InChI is InChI=1S/C15H17F3N2O/c1-10(2)20(9-15(16,17)18)14-13-6-4-3-5-11(13)7-12(8-21)19-14/h3-7,10,21H,8-9H2,1-2H3. The number of aliphatic hydroxyl groups excluding tert-OH is 1. The Kier molecular flexibility index (Phi) is 4.37. The summed E-state index contributed by atoms with van der Waals surface area (Å²) in [6, 6.07) is 8.42. The molecule has 0 aliphatic heterocycles. The zero-order valence-corrected chi connectivity index (χ0v) is 11.9. The van der Waals surface area contributed by atoms with Crippen LogP contribution in [0.25, 0.3) is 10.8 Å². The summed E-state index contributed by atoms with van der Waals surface area (Å²) in [5, 5.41) is 10.7. The first-order chi connectivity index (χ1) is 9.81. The number of hydrogen-bond acceptors (Lipinski definition) is 3. The molecule has 1 aromatic heterocycles. The molecule has 1 heterocycles. The third-order valence-electron chi connectivity index (χ3n) is 3.18. The van der Waals surface area contributed by atoms with Crippen molar-refractivity contribution in [3.05, 3.63) is 36.0 Å². The number of pyridine rings is 1. The van der Waals surface area contributed by atoms with E-state index in [1.807, 2.05) is 0 Å². The van der Waals surface area contributed by atoms with Gasteiger partial charge in [-0.3, -0.25) is 0 Å². The molecule has 0 spiro atoms. The number of halogens is 3. The molecule has 0 saturated heterocycles. The van der Waals surface area contributed by atoms with Crippen molar-refractivity contribution in [2.24, 2.45) is 0 Å². The molecule has 6 heteroatoms. The van der Waals surface area contributed by atoms with Gasteiger partial charge in [0.05, 0.1) is 12.3 Å². The highest BCUT2D eigenvalue weighted by Gasteiger charge is 2.33. The molecule has 0 aliphatic carbocycles. The fourth-order valence-corrected chi connectivity index (χ4v) is 2.23. The van der Waals surface area contributed by atoms with Crippen molar-refractivity contribution in [1.29, 1.82) is 0 Å². The number of nitrogens with zero attached hydrogens (tertiary/aromatic N) is 2. The Morgan fingerprint density at radius 2 is 1.90 bits per heavy atom. The number of rotatable bonds is 4. The van der Waals surface area contributed by atoms with Gasteiger partial charge in [0.15, 0.2) is 0 Å². The summed E-state index contributed by atoms with van der Waals surface area (Å²) in [4.78, 5) is 5.41. The summed E-state index contributed by atoms with van der Waals surface area (Å²) in [6.45, 7) is 1.99. The predicted molar refractivity (Wildman–Crippen MR) is 76.2 cm³/mol. The molecule has 1 N–H and O–H groups in total. The molecule has 21 heavy (non-hydrogen) atoms. The van der Waals surface area contributed by atoms with Gasteiger partial charge in [0, 0.05) is 11.4 Å². The summed E-state index contributed by atoms with van der Waals surface area (Å²) in [5.74, 6) is 0.254. The van der Waals surface area contributed by atoms with Crippen molar-refractivity contribution in [3.8, 4) is 0 Å². The molecule has 1 aromatic carbocycles. The van der Waals surface area contributed by atoms with Crippen molar-refractivity contribution in [3.63, 3.8) is 0 Å². The molecule has 0 atom stereocenters. The molecule has 2 aromatic rings. The van der Waals surface area contributed by atoms with E-state index in [1.165, 1.54) is 4.90 Å². The zero-order chi connectivity index (χ0) is 15.6. The predicted octanol–water partition coefficient (Wildman–Crippen LogP) is 3.50. The summed E-state index contributed by atoms with van der Waals surface area (Å²) in [7, 11) is 0. The van der Waals surface area contributed by atoms with E-state index in [4.69, 9.17) is 0 Å². The van der Waals surface area contributed by atoms with Crippen molar-refractivity contribution >= 4 is 16.6 Å². The second-order valence-electron chi connectivity index (χ2n) is 5.15. The molecule has 0 aliphatic rings. The van der Waals surface area contributed by atoms with Crippen LogP contribution in [-0.2, 0) is 6.61 Å². The molecular formula is C15H17F3N2O. The minimum atomic E-state index is -4.32. The maximum atomic E-state index is 12.8. The van der Waals surface area contributed by atoms with Gasteiger partial charge in [-0.1, -0.05) is 24.3 Å². The largest absolute Gasteiger partial charge is 0.405 e. The second-order valence-corrected chi connectivity index (χ2v) is 5.15. The Morgan fingerprint density at radius 1 is 1.24 bits per heavy atom. The topological polar surface area (TPSA) is 36.4 Å². The lowest BCUT2D eigenvalue weighted by Crippen LogP contribution is -2.39. The van der Waals surface area contributed by atoms with Gasteiger partial charge in [-0.25, -0.2) is 4.98 Å². The van der Waals surface area contributed by atoms with E-state index in [-0.39, 0.29) is 18.5 Å². The van der Waals surface area contributed by atoms with Crippen molar-refractivity contribution in [2.75, 3.05) is 11.4 Å². The van der Waals surface area contributed by atoms with Crippen molar-refractivity contribution in [1.82, 2.24) is 4.98 Å². The highest BCUT2D eigenvalue weighted by molar-refractivity contribution is 5.92. The number of fused-ring (bicyclic) bond motifs is 1. The van der Waals surface area contributed by atoms with Crippen LogP contribution >= 0.6 is 0 Å². The molecule has 0 amide bonds. The van der Waals surface area contributed by atoms with Gasteiger partial charge in [-0.15, -0.1) is 0 Å². The highest BCUT2D eigenvalue weighted by Crippen LogP contribution is 2.30. The van der Waals surface area contributed by atoms with Gasteiger partial charge in [-0.2, -0.15) is 13.2 Å². The summed E-state index contributed by atoms with van der Waals surface area (Å²) in [5.41, 5.74) is 0.358. The van der Waals surface area contributed by atoms with Crippen LogP contribution in [0.5, 0.6) is 0 Å². The Morgan fingerprint density at radius 3 is 2.48 bits per heavy atom. The Labute approximate surface area is 121 Å². The van der Waals surface area contributed by atoms with E-state index in [9.17, 15) is 18.3 Å². The lowest BCUT2D eigenvalue weighted by atomic mass is 10.1. The van der Waals surface area contributed by atoms with Crippen molar-refractivity contribution < 1.29 is 18.3 Å². The monoisotopic (exact) mass is 298 g/mol. The molecule has 3 nitrogen and oxygen atoms in total. The molecule has 0 fully saturated rings. The zero-order valence-electron chi connectivity index (χ0n) is 11.9. The van der Waals surface area contributed by atoms with Crippen LogP contribution in [0.15, 0.2) is 30.3 Å². The maximum Gasteiger partial charge on any atom is 0.405 e. The lowest BCUT2D eigenvalue weighted by molar-refractivity contribution is -0.120. The average molecular weight is 298 g/mol. The molecule has 114 valence electrons. The van der Waals surface area contributed by atoms with Crippen LogP contribution in [0, 0.1) is 0 Å². The number of aliphatic hydroxyl groups is 1. The third kappa shape index (κ3) is 3.64. The molecule has 0 unspecified atom stereocenters. The van der Waals surface area contributed by atoms with E-state index in [2.05, 4.69) is 4.98 Å². The summed E-state index contributed by atoms with van der Waals surface area (Å²) >= 11 is 0. The fourth-order valence-electron chi connectivity index (χ4n) is 2.23.